The van der Waals surface area contributed by atoms with E-state index in [0.717, 1.165) is 5.56 Å². The summed E-state index contributed by atoms with van der Waals surface area (Å²) >= 11 is 0. The lowest BCUT2D eigenvalue weighted by Gasteiger charge is -2.05. The molecule has 0 unspecified atom stereocenters. The highest BCUT2D eigenvalue weighted by Gasteiger charge is 2.14. The van der Waals surface area contributed by atoms with Crippen molar-refractivity contribution in [2.75, 3.05) is 12.3 Å². The fourth-order valence-electron chi connectivity index (χ4n) is 0.986. The first-order valence-electron chi connectivity index (χ1n) is 5.41. The zero-order valence-corrected chi connectivity index (χ0v) is 12.3. The summed E-state index contributed by atoms with van der Waals surface area (Å²) in [5.74, 6) is 0.175. The van der Waals surface area contributed by atoms with E-state index in [9.17, 15) is 4.57 Å². The number of phosphoric acid groups is 1. The third-order valence-electron chi connectivity index (χ3n) is 1.75. The molecule has 1 rings (SSSR count). The van der Waals surface area contributed by atoms with E-state index in [0.29, 0.717) is 0 Å². The topological polar surface area (TPSA) is 66.8 Å². The molecule has 17 heavy (non-hydrogen) atoms. The average molecular weight is 278 g/mol. The van der Waals surface area contributed by atoms with Crippen molar-refractivity contribution in [1.29, 1.82) is 0 Å². The predicted molar refractivity (Wildman–Crippen MR) is 73.2 cm³/mol. The molecule has 0 heterocycles. The Labute approximate surface area is 104 Å². The maximum absolute atomic E-state index is 10.4. The zero-order valence-electron chi connectivity index (χ0n) is 10.4. The van der Waals surface area contributed by atoms with Gasteiger partial charge in [0.2, 0.25) is 0 Å². The van der Waals surface area contributed by atoms with E-state index >= 15 is 0 Å². The van der Waals surface area contributed by atoms with E-state index in [1.165, 1.54) is 33.0 Å². The van der Waals surface area contributed by atoms with Gasteiger partial charge in [-0.2, -0.15) is 0 Å². The van der Waals surface area contributed by atoms with Crippen molar-refractivity contribution >= 4 is 16.4 Å². The van der Waals surface area contributed by atoms with Crippen LogP contribution in [0.15, 0.2) is 24.3 Å². The van der Waals surface area contributed by atoms with Gasteiger partial charge in [0.25, 0.3) is 0 Å². The van der Waals surface area contributed by atoms with Crippen LogP contribution >= 0.6 is 16.4 Å². The maximum Gasteiger partial charge on any atom is 0.524 e. The second kappa shape index (κ2) is 8.66. The van der Waals surface area contributed by atoms with Crippen molar-refractivity contribution in [1.82, 2.24) is 0 Å². The van der Waals surface area contributed by atoms with Crippen molar-refractivity contribution in [3.05, 3.63) is 29.8 Å². The van der Waals surface area contributed by atoms with Crippen molar-refractivity contribution in [2.24, 2.45) is 0 Å². The quantitative estimate of drug-likeness (QED) is 0.830. The number of rotatable bonds is 4. The molecular formula is C11H20O4P2. The van der Waals surface area contributed by atoms with Crippen LogP contribution in [0.5, 0.6) is 5.75 Å². The van der Waals surface area contributed by atoms with Crippen LogP contribution in [0.25, 0.3) is 0 Å². The molecule has 1 aromatic rings. The molecule has 0 saturated heterocycles. The molecule has 98 valence electrons. The van der Waals surface area contributed by atoms with Crippen LogP contribution < -0.4 is 4.52 Å². The first-order valence-corrected chi connectivity index (χ1v) is 8.36. The van der Waals surface area contributed by atoms with Gasteiger partial charge in [-0.3, -0.25) is 9.79 Å². The second-order valence-corrected chi connectivity index (χ2v) is 6.43. The molecule has 0 saturated carbocycles. The van der Waals surface area contributed by atoms with Gasteiger partial charge in [0.15, 0.2) is 0 Å². The van der Waals surface area contributed by atoms with Crippen LogP contribution in [0.4, 0.5) is 0 Å². The Bertz CT molecular complexity index is 343. The summed E-state index contributed by atoms with van der Waals surface area (Å²) in [6, 6.07) is 6.44. The highest BCUT2D eigenvalue weighted by Crippen LogP contribution is 2.37. The number of hydrogen-bond donors (Lipinski definition) is 2. The van der Waals surface area contributed by atoms with Gasteiger partial charge in [-0.1, -0.05) is 31.5 Å². The highest BCUT2D eigenvalue weighted by molar-refractivity contribution is 7.46. The smallest absolute Gasteiger partial charge is 0.404 e. The standard InChI is InChI=1S/C7H9O4P.C4H11P/c1-6-2-4-7(5-3-6)11-12(8,9)10;1-3-5-4-2/h2-5H,1H3,(H2,8,9,10);5H,3-4H2,1-2H3. The highest BCUT2D eigenvalue weighted by atomic mass is 31.2. The van der Waals surface area contributed by atoms with Gasteiger partial charge in [-0.15, -0.1) is 8.58 Å². The minimum atomic E-state index is -4.40. The molecule has 0 bridgehead atoms. The molecule has 2 N–H and O–H groups in total. The first-order chi connectivity index (χ1) is 7.89. The van der Waals surface area contributed by atoms with Crippen LogP contribution in [0, 0.1) is 6.92 Å². The Hall–Kier alpha value is -0.400. The summed E-state index contributed by atoms with van der Waals surface area (Å²) in [4.78, 5) is 16.9. The lowest BCUT2D eigenvalue weighted by Crippen LogP contribution is -1.89. The summed E-state index contributed by atoms with van der Waals surface area (Å²) in [6.45, 7) is 6.32. The van der Waals surface area contributed by atoms with Crippen LogP contribution in [0.2, 0.25) is 0 Å². The van der Waals surface area contributed by atoms with Crippen LogP contribution in [0.1, 0.15) is 19.4 Å². The molecule has 0 atom stereocenters. The number of benzene rings is 1. The minimum absolute atomic E-state index is 0.175. The lowest BCUT2D eigenvalue weighted by atomic mass is 10.2. The molecule has 0 aliphatic rings. The number of aryl methyl sites for hydroxylation is 1. The van der Waals surface area contributed by atoms with Crippen LogP contribution in [0.3, 0.4) is 0 Å². The Balaban J connectivity index is 0.000000437. The van der Waals surface area contributed by atoms with E-state index in [2.05, 4.69) is 18.4 Å². The average Bonchev–Trinajstić information content (AvgIpc) is 2.22. The van der Waals surface area contributed by atoms with Crippen LogP contribution in [-0.4, -0.2) is 22.1 Å². The number of hydrogen-bond acceptors (Lipinski definition) is 2. The monoisotopic (exact) mass is 278 g/mol. The molecule has 1 aromatic carbocycles. The molecule has 0 fully saturated rings. The molecule has 0 aliphatic carbocycles. The van der Waals surface area contributed by atoms with Gasteiger partial charge in [0, 0.05) is 0 Å². The van der Waals surface area contributed by atoms with E-state index in [-0.39, 0.29) is 5.75 Å². The van der Waals surface area contributed by atoms with E-state index in [4.69, 9.17) is 9.79 Å². The summed E-state index contributed by atoms with van der Waals surface area (Å²) in [5, 5.41) is 0. The van der Waals surface area contributed by atoms with Gasteiger partial charge in [0.1, 0.15) is 5.75 Å². The fourth-order valence-corrected chi connectivity index (χ4v) is 1.88. The Morgan fingerprint density at radius 3 is 1.94 bits per heavy atom. The third kappa shape index (κ3) is 10.5. The Kier molecular flexibility index (Phi) is 8.45. The fraction of sp³-hybridized carbons (Fsp3) is 0.455. The van der Waals surface area contributed by atoms with Crippen molar-refractivity contribution in [3.8, 4) is 5.75 Å². The summed E-state index contributed by atoms with van der Waals surface area (Å²) < 4.78 is 14.7. The van der Waals surface area contributed by atoms with Gasteiger partial charge in [0.05, 0.1) is 0 Å². The third-order valence-corrected chi connectivity index (χ3v) is 3.19. The molecule has 0 amide bonds. The van der Waals surface area contributed by atoms with Gasteiger partial charge < -0.3 is 4.52 Å². The Morgan fingerprint density at radius 2 is 1.65 bits per heavy atom. The summed E-state index contributed by atoms with van der Waals surface area (Å²) in [6.07, 6.45) is 2.74. The lowest BCUT2D eigenvalue weighted by molar-refractivity contribution is 0.283. The maximum atomic E-state index is 10.4. The summed E-state index contributed by atoms with van der Waals surface area (Å²) in [7, 11) is -3.21. The molecule has 0 aromatic heterocycles. The van der Waals surface area contributed by atoms with Crippen molar-refractivity contribution < 1.29 is 18.9 Å². The molecule has 0 spiro atoms. The van der Waals surface area contributed by atoms with E-state index in [1.807, 2.05) is 6.92 Å². The molecule has 0 aliphatic heterocycles. The van der Waals surface area contributed by atoms with E-state index < -0.39 is 7.82 Å². The van der Waals surface area contributed by atoms with Gasteiger partial charge >= 0.3 is 7.82 Å². The van der Waals surface area contributed by atoms with Crippen LogP contribution in [-0.2, 0) is 4.57 Å². The normalized spacial score (nSPS) is 10.4. The first kappa shape index (κ1) is 16.6. The van der Waals surface area contributed by atoms with Gasteiger partial charge in [-0.05, 0) is 31.4 Å². The van der Waals surface area contributed by atoms with Gasteiger partial charge in [-0.25, -0.2) is 4.57 Å². The predicted octanol–water partition coefficient (Wildman–Crippen LogP) is 3.17. The SMILES string of the molecule is CCPCC.Cc1ccc(OP(=O)(O)O)cc1. The van der Waals surface area contributed by atoms with E-state index in [1.54, 1.807) is 12.1 Å². The summed E-state index contributed by atoms with van der Waals surface area (Å²) in [5.41, 5.74) is 1.01. The minimum Gasteiger partial charge on any atom is -0.404 e. The van der Waals surface area contributed by atoms with Crippen molar-refractivity contribution in [2.45, 2.75) is 20.8 Å². The Morgan fingerprint density at radius 1 is 1.18 bits per heavy atom. The molecule has 0 radical (unpaired) electrons. The second-order valence-electron chi connectivity index (χ2n) is 3.35. The zero-order chi connectivity index (χ0) is 13.3. The molecule has 4 nitrogen and oxygen atoms in total. The molecular weight excluding hydrogens is 258 g/mol. The molecule has 6 heteroatoms. The largest absolute Gasteiger partial charge is 0.524 e. The number of phosphoric ester groups is 1. The van der Waals surface area contributed by atoms with Crippen molar-refractivity contribution in [3.63, 3.8) is 0 Å².